The van der Waals surface area contributed by atoms with Crippen LogP contribution in [-0.4, -0.2) is 48.1 Å². The lowest BCUT2D eigenvalue weighted by molar-refractivity contribution is -0.127. The molecule has 2 atom stereocenters. The Hall–Kier alpha value is -1.30. The lowest BCUT2D eigenvalue weighted by atomic mass is 10.1. The molecule has 2 aromatic rings. The topological polar surface area (TPSA) is 41.6 Å². The van der Waals surface area contributed by atoms with E-state index in [9.17, 15) is 22.4 Å². The molecular formula is C19H21F4IN2O2S. The van der Waals surface area contributed by atoms with E-state index >= 15 is 0 Å². The Balaban J connectivity index is 1.80. The zero-order valence-electron chi connectivity index (χ0n) is 16.1. The number of thiophene rings is 1. The minimum Gasteiger partial charge on any atom is -0.444 e. The number of likely N-dealkylation sites (tertiary alicyclic amines) is 1. The van der Waals surface area contributed by atoms with Crippen molar-refractivity contribution in [2.45, 2.75) is 51.2 Å². The first kappa shape index (κ1) is 22.4. The number of halogens is 5. The van der Waals surface area contributed by atoms with Crippen LogP contribution in [0.25, 0.3) is 10.1 Å². The molecule has 1 aliphatic heterocycles. The molecule has 3 rings (SSSR count). The molecule has 1 saturated heterocycles. The molecule has 1 aromatic carbocycles. The number of ether oxygens (including phenoxy) is 1. The Morgan fingerprint density at radius 1 is 1.31 bits per heavy atom. The van der Waals surface area contributed by atoms with Gasteiger partial charge in [-0.2, -0.15) is 13.2 Å². The molecule has 29 heavy (non-hydrogen) atoms. The van der Waals surface area contributed by atoms with E-state index in [1.54, 1.807) is 39.0 Å². The first-order valence-corrected chi connectivity index (χ1v) is 10.9. The number of nitrogens with one attached hydrogen (secondary N) is 1. The smallest absolute Gasteiger partial charge is 0.410 e. The normalized spacial score (nSPS) is 20.3. The average Bonchev–Trinajstić information content (AvgIpc) is 3.07. The van der Waals surface area contributed by atoms with Crippen molar-refractivity contribution >= 4 is 55.8 Å². The van der Waals surface area contributed by atoms with Crippen molar-refractivity contribution < 1.29 is 27.1 Å². The van der Waals surface area contributed by atoms with Gasteiger partial charge in [0, 0.05) is 6.54 Å². The Bertz CT molecular complexity index is 910. The number of hydrogen-bond donors (Lipinski definition) is 1. The van der Waals surface area contributed by atoms with E-state index < -0.39 is 36.5 Å². The lowest BCUT2D eigenvalue weighted by Gasteiger charge is -2.24. The molecule has 0 aliphatic carbocycles. The van der Waals surface area contributed by atoms with E-state index in [-0.39, 0.29) is 18.7 Å². The Morgan fingerprint density at radius 3 is 2.62 bits per heavy atom. The summed E-state index contributed by atoms with van der Waals surface area (Å²) in [6.45, 7) is 5.23. The number of alkyl halides is 4. The summed E-state index contributed by atoms with van der Waals surface area (Å²) in [6, 6.07) is 4.35. The number of nitrogens with zero attached hydrogens (tertiary/aromatic N) is 1. The van der Waals surface area contributed by atoms with E-state index in [2.05, 4.69) is 5.32 Å². The molecular weight excluding hydrogens is 523 g/mol. The van der Waals surface area contributed by atoms with Crippen LogP contribution in [0.15, 0.2) is 18.2 Å². The maximum Gasteiger partial charge on any atom is 0.410 e. The molecule has 1 amide bonds. The van der Waals surface area contributed by atoms with Crippen LogP contribution in [0.2, 0.25) is 0 Å². The second kappa shape index (κ2) is 8.09. The van der Waals surface area contributed by atoms with Gasteiger partial charge in [0.05, 0.1) is 32.3 Å². The van der Waals surface area contributed by atoms with Crippen LogP contribution in [0.5, 0.6) is 0 Å². The number of carbonyl (C=O) groups is 1. The molecule has 2 unspecified atom stereocenters. The molecule has 0 saturated carbocycles. The Labute approximate surface area is 183 Å². The highest BCUT2D eigenvalue weighted by Crippen LogP contribution is 2.40. The number of carbonyl (C=O) groups excluding carboxylic acids is 1. The van der Waals surface area contributed by atoms with Crippen LogP contribution in [0.3, 0.4) is 0 Å². The van der Waals surface area contributed by atoms with E-state index in [1.165, 1.54) is 16.2 Å². The quantitative estimate of drug-likeness (QED) is 0.382. The zero-order chi connectivity index (χ0) is 21.6. The molecule has 4 nitrogen and oxygen atoms in total. The predicted molar refractivity (Wildman–Crippen MR) is 114 cm³/mol. The molecule has 0 bridgehead atoms. The Morgan fingerprint density at radius 2 is 2.00 bits per heavy atom. The van der Waals surface area contributed by atoms with Crippen LogP contribution in [0.4, 0.5) is 28.0 Å². The number of hydrogen-bond acceptors (Lipinski definition) is 4. The molecule has 1 N–H and O–H groups in total. The summed E-state index contributed by atoms with van der Waals surface area (Å²) in [5.41, 5.74) is 0.126. The number of benzene rings is 1. The minimum absolute atomic E-state index is 0.0934. The van der Waals surface area contributed by atoms with Gasteiger partial charge in [-0.1, -0.05) is 12.1 Å². The standard InChI is InChI=1S/C19H21F4IN2O2S/c1-18(2,3)28-17(27)26-8-12(20)14(9-26)25-13-6-4-5-10-11(7-19(21,22)23)16(24)29-15(10)13/h4-6,12,14,25H,7-9H2,1-3H3. The van der Waals surface area contributed by atoms with Gasteiger partial charge in [-0.25, -0.2) is 9.18 Å². The van der Waals surface area contributed by atoms with Gasteiger partial charge in [0.15, 0.2) is 0 Å². The van der Waals surface area contributed by atoms with Gasteiger partial charge in [0.1, 0.15) is 11.8 Å². The van der Waals surface area contributed by atoms with Crippen LogP contribution in [0, 0.1) is 2.88 Å². The summed E-state index contributed by atoms with van der Waals surface area (Å²) in [5.74, 6) is 0. The fourth-order valence-electron chi connectivity index (χ4n) is 3.20. The van der Waals surface area contributed by atoms with Gasteiger partial charge in [0.25, 0.3) is 0 Å². The summed E-state index contributed by atoms with van der Waals surface area (Å²) >= 11 is 3.15. The summed E-state index contributed by atoms with van der Waals surface area (Å²) in [7, 11) is 0. The van der Waals surface area contributed by atoms with Crippen molar-refractivity contribution in [3.63, 3.8) is 0 Å². The second-order valence-electron chi connectivity index (χ2n) is 7.98. The first-order chi connectivity index (χ1) is 13.3. The highest BCUT2D eigenvalue weighted by molar-refractivity contribution is 14.1. The maximum atomic E-state index is 14.6. The van der Waals surface area contributed by atoms with Crippen LogP contribution >= 0.6 is 33.9 Å². The third-order valence-electron chi connectivity index (χ3n) is 4.39. The number of fused-ring (bicyclic) bond motifs is 1. The van der Waals surface area contributed by atoms with Gasteiger partial charge < -0.3 is 15.0 Å². The average molecular weight is 544 g/mol. The number of rotatable bonds is 3. The molecule has 0 spiro atoms. The molecule has 2 heterocycles. The molecule has 0 radical (unpaired) electrons. The van der Waals surface area contributed by atoms with Gasteiger partial charge in [0.2, 0.25) is 0 Å². The third kappa shape index (κ3) is 5.44. The Kier molecular flexibility index (Phi) is 6.24. The third-order valence-corrected chi connectivity index (χ3v) is 6.77. The van der Waals surface area contributed by atoms with Crippen molar-refractivity contribution in [2.75, 3.05) is 18.4 Å². The highest BCUT2D eigenvalue weighted by atomic mass is 127. The molecule has 1 fully saturated rings. The second-order valence-corrected chi connectivity index (χ2v) is 10.8. The largest absolute Gasteiger partial charge is 0.444 e. The van der Waals surface area contributed by atoms with E-state index in [4.69, 9.17) is 4.74 Å². The van der Waals surface area contributed by atoms with Gasteiger partial charge >= 0.3 is 12.3 Å². The van der Waals surface area contributed by atoms with Crippen LogP contribution in [-0.2, 0) is 11.2 Å². The van der Waals surface area contributed by atoms with E-state index in [0.29, 0.717) is 18.7 Å². The van der Waals surface area contributed by atoms with E-state index in [1.807, 2.05) is 22.6 Å². The lowest BCUT2D eigenvalue weighted by Crippen LogP contribution is -2.36. The fraction of sp³-hybridized carbons (Fsp3) is 0.526. The summed E-state index contributed by atoms with van der Waals surface area (Å²) < 4.78 is 59.9. The summed E-state index contributed by atoms with van der Waals surface area (Å²) in [5, 5.41) is 3.60. The van der Waals surface area contributed by atoms with Crippen LogP contribution < -0.4 is 5.32 Å². The van der Waals surface area contributed by atoms with E-state index in [0.717, 1.165) is 0 Å². The molecule has 1 aromatic heterocycles. The monoisotopic (exact) mass is 544 g/mol. The SMILES string of the molecule is CC(C)(C)OC(=O)N1CC(F)C(Nc2cccc3c(CC(F)(F)F)c(I)sc23)C1. The van der Waals surface area contributed by atoms with Crippen molar-refractivity contribution in [2.24, 2.45) is 0 Å². The van der Waals surface area contributed by atoms with Crippen molar-refractivity contribution in [3.05, 3.63) is 26.6 Å². The predicted octanol–water partition coefficient (Wildman–Crippen LogP) is 5.98. The van der Waals surface area contributed by atoms with Crippen molar-refractivity contribution in [1.29, 1.82) is 0 Å². The van der Waals surface area contributed by atoms with Gasteiger partial charge in [-0.05, 0) is 60.4 Å². The highest BCUT2D eigenvalue weighted by Gasteiger charge is 2.38. The van der Waals surface area contributed by atoms with Crippen molar-refractivity contribution in [3.8, 4) is 0 Å². The molecule has 10 heteroatoms. The fourth-order valence-corrected chi connectivity index (χ4v) is 5.36. The van der Waals surface area contributed by atoms with Crippen LogP contribution in [0.1, 0.15) is 26.3 Å². The summed E-state index contributed by atoms with van der Waals surface area (Å²) in [6.07, 6.45) is -7.20. The van der Waals surface area contributed by atoms with Gasteiger partial charge in [-0.15, -0.1) is 11.3 Å². The van der Waals surface area contributed by atoms with Gasteiger partial charge in [-0.3, -0.25) is 0 Å². The number of anilines is 1. The molecule has 1 aliphatic rings. The molecule has 160 valence electrons. The minimum atomic E-state index is -4.30. The van der Waals surface area contributed by atoms with Crippen molar-refractivity contribution in [1.82, 2.24) is 4.90 Å². The maximum absolute atomic E-state index is 14.6. The summed E-state index contributed by atoms with van der Waals surface area (Å²) in [4.78, 5) is 13.5. The zero-order valence-corrected chi connectivity index (χ0v) is 19.0. The first-order valence-electron chi connectivity index (χ1n) is 8.99. The number of amides is 1.